The molecule has 48 heavy (non-hydrogen) atoms. The largest absolute Gasteiger partial charge is 0.508 e. The van der Waals surface area contributed by atoms with Crippen LogP contribution in [0.25, 0.3) is 0 Å². The Bertz CT molecular complexity index is 1620. The summed E-state index contributed by atoms with van der Waals surface area (Å²) in [4.78, 5) is 36.4. The number of rotatable bonds is 9. The van der Waals surface area contributed by atoms with Gasteiger partial charge >= 0.3 is 18.0 Å². The normalized spacial score (nSPS) is 13.7. The number of furan rings is 2. The molecule has 2 aromatic heterocycles. The molecule has 0 saturated heterocycles. The van der Waals surface area contributed by atoms with Gasteiger partial charge in [-0.15, -0.1) is 0 Å². The molecule has 0 spiro atoms. The van der Waals surface area contributed by atoms with Crippen LogP contribution in [0.3, 0.4) is 0 Å². The number of amides is 1. The highest BCUT2D eigenvalue weighted by Gasteiger charge is 2.37. The zero-order valence-electron chi connectivity index (χ0n) is 27.8. The Labute approximate surface area is 285 Å². The predicted molar refractivity (Wildman–Crippen MR) is 179 cm³/mol. The Kier molecular flexibility index (Phi) is 12.0. The minimum absolute atomic E-state index is 0.0681. The van der Waals surface area contributed by atoms with Crippen LogP contribution in [0, 0.1) is 13.8 Å². The van der Waals surface area contributed by atoms with Gasteiger partial charge in [0.15, 0.2) is 0 Å². The summed E-state index contributed by atoms with van der Waals surface area (Å²) in [6.45, 7) is 7.92. The van der Waals surface area contributed by atoms with Crippen LogP contribution in [0.1, 0.15) is 89.8 Å². The number of ether oxygens (including phenoxy) is 3. The highest BCUT2D eigenvalue weighted by molar-refractivity contribution is 6.30. The number of carbonyl (C=O) groups is 3. The maximum absolute atomic E-state index is 12.2. The summed E-state index contributed by atoms with van der Waals surface area (Å²) in [5, 5.41) is 12.8. The Morgan fingerprint density at radius 1 is 0.854 bits per heavy atom. The summed E-state index contributed by atoms with van der Waals surface area (Å²) in [6, 6.07) is 18.0. The van der Waals surface area contributed by atoms with Gasteiger partial charge in [-0.2, -0.15) is 0 Å². The van der Waals surface area contributed by atoms with E-state index < -0.39 is 29.7 Å². The number of hydrogen-bond donors (Lipinski definition) is 2. The highest BCUT2D eigenvalue weighted by Crippen LogP contribution is 2.47. The van der Waals surface area contributed by atoms with Gasteiger partial charge in [-0.25, -0.2) is 14.4 Å². The van der Waals surface area contributed by atoms with Gasteiger partial charge in [-0.3, -0.25) is 0 Å². The average molecular weight is 680 g/mol. The van der Waals surface area contributed by atoms with Crippen LogP contribution in [0.2, 0.25) is 5.02 Å². The predicted octanol–water partition coefficient (Wildman–Crippen LogP) is 8.30. The molecule has 0 radical (unpaired) electrons. The van der Waals surface area contributed by atoms with Gasteiger partial charge in [-0.1, -0.05) is 48.7 Å². The number of esters is 2. The molecule has 1 fully saturated rings. The molecular weight excluding hydrogens is 638 g/mol. The molecule has 5 rings (SSSR count). The number of aryl methyl sites for hydroxylation is 2. The van der Waals surface area contributed by atoms with E-state index in [1.165, 1.54) is 48.6 Å². The smallest absolute Gasteiger partial charge is 0.408 e. The summed E-state index contributed by atoms with van der Waals surface area (Å²) >= 11 is 6.16. The monoisotopic (exact) mass is 679 g/mol. The molecule has 256 valence electrons. The molecule has 2 heterocycles. The van der Waals surface area contributed by atoms with Gasteiger partial charge in [0.05, 0.1) is 12.5 Å². The first-order chi connectivity index (χ1) is 22.8. The number of benzene rings is 2. The van der Waals surface area contributed by atoms with Crippen LogP contribution >= 0.6 is 11.6 Å². The van der Waals surface area contributed by atoms with Crippen molar-refractivity contribution in [3.05, 3.63) is 112 Å². The van der Waals surface area contributed by atoms with E-state index in [2.05, 4.69) is 17.4 Å². The second-order valence-electron chi connectivity index (χ2n) is 12.7. The van der Waals surface area contributed by atoms with Crippen LogP contribution in [0.5, 0.6) is 5.75 Å². The van der Waals surface area contributed by atoms with Gasteiger partial charge in [0.1, 0.15) is 53.3 Å². The van der Waals surface area contributed by atoms with E-state index in [1.54, 1.807) is 46.8 Å². The molecule has 4 aromatic rings. The number of alkyl carbamates (subject to hydrolysis) is 1. The second kappa shape index (κ2) is 15.9. The molecule has 0 bridgehead atoms. The molecule has 0 atom stereocenters. The van der Waals surface area contributed by atoms with Gasteiger partial charge in [0.25, 0.3) is 0 Å². The Balaban J connectivity index is 0.000000235. The minimum Gasteiger partial charge on any atom is -0.508 e. The fraction of sp³-hybridized carbons (Fsp3) is 0.378. The molecular formula is C37H42ClNO9. The number of hydrogen-bond acceptors (Lipinski definition) is 9. The van der Waals surface area contributed by atoms with Crippen molar-refractivity contribution < 1.29 is 42.5 Å². The van der Waals surface area contributed by atoms with Gasteiger partial charge < -0.3 is 33.5 Å². The third-order valence-electron chi connectivity index (χ3n) is 7.96. The first kappa shape index (κ1) is 36.1. The van der Waals surface area contributed by atoms with Crippen molar-refractivity contribution in [1.82, 2.24) is 5.32 Å². The van der Waals surface area contributed by atoms with E-state index in [9.17, 15) is 19.5 Å². The third-order valence-corrected chi connectivity index (χ3v) is 8.20. The summed E-state index contributed by atoms with van der Waals surface area (Å²) in [6.07, 6.45) is 6.81. The summed E-state index contributed by atoms with van der Waals surface area (Å²) in [5.41, 5.74) is 2.47. The van der Waals surface area contributed by atoms with E-state index >= 15 is 0 Å². The number of halogens is 1. The lowest BCUT2D eigenvalue weighted by Gasteiger charge is -2.30. The Morgan fingerprint density at radius 2 is 1.40 bits per heavy atom. The van der Waals surface area contributed by atoms with Crippen molar-refractivity contribution >= 4 is 29.6 Å². The van der Waals surface area contributed by atoms with Crippen LogP contribution in [0.15, 0.2) is 82.0 Å². The van der Waals surface area contributed by atoms with E-state index in [0.29, 0.717) is 17.3 Å². The van der Waals surface area contributed by atoms with Crippen molar-refractivity contribution in [1.29, 1.82) is 0 Å². The van der Waals surface area contributed by atoms with Crippen LogP contribution < -0.4 is 5.32 Å². The van der Waals surface area contributed by atoms with Gasteiger partial charge in [0.2, 0.25) is 0 Å². The fourth-order valence-corrected chi connectivity index (χ4v) is 5.79. The topological polar surface area (TPSA) is 137 Å². The Hall–Kier alpha value is -4.70. The lowest BCUT2D eigenvalue weighted by atomic mass is 9.73. The Morgan fingerprint density at radius 3 is 1.85 bits per heavy atom. The van der Waals surface area contributed by atoms with E-state index in [4.69, 9.17) is 34.6 Å². The molecule has 1 aliphatic carbocycles. The third kappa shape index (κ3) is 9.67. The van der Waals surface area contributed by atoms with E-state index in [-0.39, 0.29) is 29.8 Å². The number of carbonyl (C=O) groups excluding carboxylic acids is 3. The van der Waals surface area contributed by atoms with Crippen molar-refractivity contribution in [2.75, 3.05) is 13.2 Å². The molecule has 1 amide bonds. The first-order valence-electron chi connectivity index (χ1n) is 15.7. The number of phenolic OH excluding ortho intramolecular Hbond substituents is 1. The maximum atomic E-state index is 12.2. The quantitative estimate of drug-likeness (QED) is 0.132. The molecule has 1 aliphatic rings. The average Bonchev–Trinajstić information content (AvgIpc) is 3.80. The lowest BCUT2D eigenvalue weighted by molar-refractivity contribution is 0.0228. The van der Waals surface area contributed by atoms with Gasteiger partial charge in [0, 0.05) is 10.4 Å². The van der Waals surface area contributed by atoms with Crippen molar-refractivity contribution in [2.24, 2.45) is 0 Å². The molecule has 10 nitrogen and oxygen atoms in total. The van der Waals surface area contributed by atoms with Crippen molar-refractivity contribution in [3.8, 4) is 5.75 Å². The molecule has 2 aromatic carbocycles. The molecule has 1 saturated carbocycles. The van der Waals surface area contributed by atoms with Crippen LogP contribution in [0.4, 0.5) is 4.79 Å². The first-order valence-corrected chi connectivity index (χ1v) is 16.1. The van der Waals surface area contributed by atoms with Gasteiger partial charge in [-0.05, 0) is 95.0 Å². The zero-order chi connectivity index (χ0) is 34.9. The number of phenols is 1. The highest BCUT2D eigenvalue weighted by atomic mass is 35.5. The van der Waals surface area contributed by atoms with Crippen LogP contribution in [-0.4, -0.2) is 48.0 Å². The lowest BCUT2D eigenvalue weighted by Crippen LogP contribution is -2.44. The second-order valence-corrected chi connectivity index (χ2v) is 13.1. The molecule has 0 unspecified atom stereocenters. The maximum Gasteiger partial charge on any atom is 0.408 e. The zero-order valence-corrected chi connectivity index (χ0v) is 28.6. The van der Waals surface area contributed by atoms with E-state index in [1.807, 2.05) is 24.3 Å². The number of aromatic hydroxyl groups is 1. The summed E-state index contributed by atoms with van der Waals surface area (Å²) in [7, 11) is 0. The summed E-state index contributed by atoms with van der Waals surface area (Å²) in [5.74, 6) is -0.0986. The molecule has 2 N–H and O–H groups in total. The molecule has 0 aliphatic heterocycles. The van der Waals surface area contributed by atoms with Crippen molar-refractivity contribution in [2.45, 2.75) is 77.4 Å². The minimum atomic E-state index is -0.822. The SMILES string of the molecule is Cc1occc1C(=O)OCC(COC(=O)c1ccoc1C)NC(=O)OC(C)(C)C.Oc1ccc(C2(c3cccc(Cl)c3)CCCC2)cc1. The fourth-order valence-electron chi connectivity index (χ4n) is 5.60. The van der Waals surface area contributed by atoms with Crippen molar-refractivity contribution in [3.63, 3.8) is 0 Å². The standard InChI is InChI=1S/C20H25NO8.C17H17ClO/c1-12-15(6-8-25-12)17(22)27-10-14(21-19(24)29-20(3,4)5)11-28-18(23)16-7-9-26-13(16)2;18-15-5-3-4-14(12-15)17(10-1-2-11-17)13-6-8-16(19)9-7-13/h6-9,14H,10-11H2,1-5H3,(H,21,24);3-9,12,19H,1-2,10-11H2. The number of nitrogens with one attached hydrogen (secondary N) is 1. The van der Waals surface area contributed by atoms with E-state index in [0.717, 1.165) is 17.9 Å². The summed E-state index contributed by atoms with van der Waals surface area (Å²) < 4.78 is 25.8. The van der Waals surface area contributed by atoms with Crippen LogP contribution in [-0.2, 0) is 19.6 Å². The molecule has 11 heteroatoms.